The smallest absolute Gasteiger partial charge is 0.216 e. The molecule has 0 aliphatic heterocycles. The molecule has 223 valence electrons. The van der Waals surface area contributed by atoms with Gasteiger partial charge in [-0.05, 0) is 40.5 Å². The first kappa shape index (κ1) is 29.6. The summed E-state index contributed by atoms with van der Waals surface area (Å²) in [6.07, 6.45) is 4.79. The van der Waals surface area contributed by atoms with Crippen LogP contribution in [0.15, 0.2) is 83.7 Å². The zero-order chi connectivity index (χ0) is 31.9. The molecule has 0 fully saturated rings. The van der Waals surface area contributed by atoms with Gasteiger partial charge in [0.25, 0.3) is 0 Å². The van der Waals surface area contributed by atoms with E-state index >= 15 is 0 Å². The van der Waals surface area contributed by atoms with Crippen molar-refractivity contribution in [1.82, 2.24) is 15.0 Å². The Balaban J connectivity index is 0.000000204. The minimum atomic E-state index is -1.50. The SMILES string of the molecule is [2H]C(C)(C)c1cc(-c2[c-]cccc2)ncc1[Si](C)(C)C.[2H]C(C)(C)c1ccnc(-c2[c-]ccc3c2oc2ncc(F)cc23)c1.[Ir]. The molecule has 0 amide bonds. The average Bonchev–Trinajstić information content (AvgIpc) is 3.34. The van der Waals surface area contributed by atoms with E-state index in [0.29, 0.717) is 27.9 Å². The standard InChI is InChI=1S/C19H14FN2O.C17H22NSi.Ir/c1-11(2)12-6-7-21-17(8-12)15-5-3-4-14-16-9-13(20)10-22-19(16)23-18(14)15;1-13(2)15-11-16(14-9-7-6-8-10-14)18-12-17(15)19(3,4)5;/h3-4,6-11H,1-2H3;6-9,11-13H,1-5H3;/q2*-1;/i11D;13D;. The number of rotatable bonds is 5. The van der Waals surface area contributed by atoms with Crippen LogP contribution in [0.2, 0.25) is 19.6 Å². The molecule has 0 spiro atoms. The number of benzene rings is 2. The monoisotopic (exact) mass is 768 g/mol. The van der Waals surface area contributed by atoms with Crippen LogP contribution in [-0.4, -0.2) is 23.0 Å². The van der Waals surface area contributed by atoms with Crippen molar-refractivity contribution in [2.75, 3.05) is 0 Å². The van der Waals surface area contributed by atoms with Gasteiger partial charge in [0.15, 0.2) is 0 Å². The molecule has 7 heteroatoms. The van der Waals surface area contributed by atoms with Crippen molar-refractivity contribution in [2.45, 2.75) is 59.1 Å². The van der Waals surface area contributed by atoms with Gasteiger partial charge in [-0.3, -0.25) is 0 Å². The van der Waals surface area contributed by atoms with E-state index in [2.05, 4.69) is 52.8 Å². The summed E-state index contributed by atoms with van der Waals surface area (Å²) in [5.41, 5.74) is 6.12. The first-order chi connectivity index (χ1) is 20.6. The number of aromatic nitrogens is 3. The van der Waals surface area contributed by atoms with Crippen LogP contribution in [0.4, 0.5) is 4.39 Å². The van der Waals surface area contributed by atoms with Gasteiger partial charge in [-0.2, -0.15) is 0 Å². The molecule has 0 aliphatic rings. The van der Waals surface area contributed by atoms with E-state index in [-0.39, 0.29) is 20.1 Å². The van der Waals surface area contributed by atoms with Crippen molar-refractivity contribution in [1.29, 1.82) is 0 Å². The summed E-state index contributed by atoms with van der Waals surface area (Å²) in [7, 11) is -1.50. The number of furan rings is 1. The Labute approximate surface area is 271 Å². The van der Waals surface area contributed by atoms with Crippen LogP contribution in [0.5, 0.6) is 0 Å². The third-order valence-electron chi connectivity index (χ3n) is 7.09. The van der Waals surface area contributed by atoms with Crippen LogP contribution in [-0.2, 0) is 20.1 Å². The average molecular weight is 768 g/mol. The quantitative estimate of drug-likeness (QED) is 0.130. The van der Waals surface area contributed by atoms with Crippen LogP contribution >= 0.6 is 0 Å². The van der Waals surface area contributed by atoms with Crippen LogP contribution in [0.1, 0.15) is 53.4 Å². The summed E-state index contributed by atoms with van der Waals surface area (Å²) < 4.78 is 36.0. The second-order valence-corrected chi connectivity index (χ2v) is 16.8. The van der Waals surface area contributed by atoms with Crippen molar-refractivity contribution in [3.8, 4) is 22.5 Å². The predicted octanol–water partition coefficient (Wildman–Crippen LogP) is 9.32. The fourth-order valence-electron chi connectivity index (χ4n) is 4.84. The summed E-state index contributed by atoms with van der Waals surface area (Å²) in [5.74, 6) is -1.75. The maximum absolute atomic E-state index is 13.5. The number of pyridine rings is 3. The summed E-state index contributed by atoms with van der Waals surface area (Å²) in [5, 5.41) is 2.66. The molecule has 0 saturated carbocycles. The molecular weight excluding hydrogens is 730 g/mol. The molecule has 2 aromatic carbocycles. The molecule has 4 heterocycles. The van der Waals surface area contributed by atoms with E-state index in [1.165, 1.54) is 11.3 Å². The molecule has 0 aliphatic carbocycles. The topological polar surface area (TPSA) is 51.8 Å². The molecule has 0 N–H and O–H groups in total. The maximum Gasteiger partial charge on any atom is 0.216 e. The van der Waals surface area contributed by atoms with Gasteiger partial charge in [0.1, 0.15) is 5.82 Å². The van der Waals surface area contributed by atoms with Crippen molar-refractivity contribution >= 4 is 35.3 Å². The zero-order valence-corrected chi connectivity index (χ0v) is 28.9. The number of halogens is 1. The Hall–Kier alpha value is -3.51. The fraction of sp³-hybridized carbons (Fsp3) is 0.250. The molecule has 0 atom stereocenters. The van der Waals surface area contributed by atoms with Gasteiger partial charge < -0.3 is 14.4 Å². The van der Waals surface area contributed by atoms with Gasteiger partial charge in [-0.1, -0.05) is 81.5 Å². The molecule has 6 aromatic rings. The van der Waals surface area contributed by atoms with E-state index in [1.807, 2.05) is 76.4 Å². The van der Waals surface area contributed by atoms with Crippen molar-refractivity contribution < 1.29 is 31.7 Å². The first-order valence-electron chi connectivity index (χ1n) is 15.0. The Kier molecular flexibility index (Phi) is 9.22. The number of nitrogens with zero attached hydrogens (tertiary/aromatic N) is 3. The van der Waals surface area contributed by atoms with Gasteiger partial charge in [-0.25, -0.2) is 9.37 Å². The fourth-order valence-corrected chi connectivity index (χ4v) is 6.42. The Morgan fingerprint density at radius 3 is 2.30 bits per heavy atom. The molecule has 6 rings (SSSR count). The van der Waals surface area contributed by atoms with E-state index in [0.717, 1.165) is 34.0 Å². The third kappa shape index (κ3) is 7.18. The molecule has 1 radical (unpaired) electrons. The minimum absolute atomic E-state index is 0. The molecular formula is C36H36FIrN3OSi-2. The van der Waals surface area contributed by atoms with Gasteiger partial charge in [0.2, 0.25) is 5.71 Å². The van der Waals surface area contributed by atoms with E-state index in [4.69, 9.17) is 7.16 Å². The van der Waals surface area contributed by atoms with Crippen LogP contribution in [0, 0.1) is 17.9 Å². The van der Waals surface area contributed by atoms with Crippen LogP contribution in [0.25, 0.3) is 44.6 Å². The van der Waals surface area contributed by atoms with E-state index < -0.39 is 25.7 Å². The van der Waals surface area contributed by atoms with Gasteiger partial charge in [0, 0.05) is 40.6 Å². The summed E-state index contributed by atoms with van der Waals surface area (Å²) in [4.78, 5) is 13.0. The summed E-state index contributed by atoms with van der Waals surface area (Å²) in [6, 6.07) is 25.0. The predicted molar refractivity (Wildman–Crippen MR) is 173 cm³/mol. The van der Waals surface area contributed by atoms with Gasteiger partial charge in [0.05, 0.1) is 19.9 Å². The van der Waals surface area contributed by atoms with Crippen molar-refractivity contribution in [3.05, 3.63) is 108 Å². The number of hydrogen-bond donors (Lipinski definition) is 0. The molecule has 4 aromatic heterocycles. The molecule has 4 nitrogen and oxygen atoms in total. The number of fused-ring (bicyclic) bond motifs is 3. The van der Waals surface area contributed by atoms with Crippen LogP contribution in [0.3, 0.4) is 0 Å². The minimum Gasteiger partial charge on any atom is -0.486 e. The molecule has 0 saturated heterocycles. The Morgan fingerprint density at radius 2 is 1.63 bits per heavy atom. The summed E-state index contributed by atoms with van der Waals surface area (Å²) >= 11 is 0. The Bertz CT molecular complexity index is 1940. The van der Waals surface area contributed by atoms with Crippen LogP contribution < -0.4 is 5.19 Å². The second kappa shape index (κ2) is 13.4. The Morgan fingerprint density at radius 1 is 0.837 bits per heavy atom. The normalized spacial score (nSPS) is 12.7. The van der Waals surface area contributed by atoms with Crippen molar-refractivity contribution in [2.24, 2.45) is 0 Å². The largest absolute Gasteiger partial charge is 0.486 e. The van der Waals surface area contributed by atoms with E-state index in [9.17, 15) is 4.39 Å². The molecule has 0 bridgehead atoms. The molecule has 0 unspecified atom stereocenters. The van der Waals surface area contributed by atoms with Gasteiger partial charge in [-0.15, -0.1) is 54.1 Å². The summed E-state index contributed by atoms with van der Waals surface area (Å²) in [6.45, 7) is 14.4. The maximum atomic E-state index is 13.5. The third-order valence-corrected chi connectivity index (χ3v) is 9.10. The van der Waals surface area contributed by atoms with E-state index in [1.54, 1.807) is 12.3 Å². The second-order valence-electron chi connectivity index (χ2n) is 11.8. The molecule has 43 heavy (non-hydrogen) atoms. The van der Waals surface area contributed by atoms with Crippen molar-refractivity contribution in [3.63, 3.8) is 0 Å². The zero-order valence-electron chi connectivity index (χ0n) is 27.5. The number of hydrogen-bond acceptors (Lipinski definition) is 4. The first-order valence-corrected chi connectivity index (χ1v) is 17.5. The van der Waals surface area contributed by atoms with Gasteiger partial charge >= 0.3 is 0 Å².